The van der Waals surface area contributed by atoms with Gasteiger partial charge in [-0.05, 0) is 37.1 Å². The standard InChI is InChI=1S/C23H25N5O4S/c1-31-18-11-10-17(13-19(18)32-2)25-23(30)28-12-6-7-15(14-28)21-26-27-22(33-21)20(29)24-16-8-4-3-5-9-16/h3-5,8-11,13,15H,6-7,12,14H2,1-2H3,(H,24,29)(H,25,30)/t15-/m1/s1. The Morgan fingerprint density at radius 1 is 1.00 bits per heavy atom. The highest BCUT2D eigenvalue weighted by atomic mass is 32.1. The third-order valence-electron chi connectivity index (χ3n) is 5.36. The Labute approximate surface area is 195 Å². The Balaban J connectivity index is 1.38. The number of piperidine rings is 1. The van der Waals surface area contributed by atoms with Crippen LogP contribution in [0, 0.1) is 0 Å². The normalized spacial score (nSPS) is 15.6. The summed E-state index contributed by atoms with van der Waals surface area (Å²) < 4.78 is 10.5. The van der Waals surface area contributed by atoms with Gasteiger partial charge in [0.15, 0.2) is 11.5 Å². The molecule has 9 nitrogen and oxygen atoms in total. The summed E-state index contributed by atoms with van der Waals surface area (Å²) in [5, 5.41) is 15.1. The number of hydrogen-bond acceptors (Lipinski definition) is 7. The number of rotatable bonds is 6. The third kappa shape index (κ3) is 5.40. The first-order valence-electron chi connectivity index (χ1n) is 10.5. The first-order chi connectivity index (χ1) is 16.1. The second kappa shape index (κ2) is 10.3. The minimum absolute atomic E-state index is 0.0330. The van der Waals surface area contributed by atoms with Crippen molar-refractivity contribution in [3.05, 3.63) is 58.5 Å². The lowest BCUT2D eigenvalue weighted by Gasteiger charge is -2.31. The summed E-state index contributed by atoms with van der Waals surface area (Å²) in [6.45, 7) is 1.16. The monoisotopic (exact) mass is 467 g/mol. The summed E-state index contributed by atoms with van der Waals surface area (Å²) in [6.07, 6.45) is 1.73. The minimum Gasteiger partial charge on any atom is -0.493 e. The van der Waals surface area contributed by atoms with E-state index in [4.69, 9.17) is 9.47 Å². The van der Waals surface area contributed by atoms with Crippen LogP contribution in [0.3, 0.4) is 0 Å². The smallest absolute Gasteiger partial charge is 0.321 e. The molecule has 1 saturated heterocycles. The van der Waals surface area contributed by atoms with Crippen molar-refractivity contribution in [2.24, 2.45) is 0 Å². The number of benzene rings is 2. The number of aromatic nitrogens is 2. The molecule has 1 aromatic heterocycles. The number of nitrogens with one attached hydrogen (secondary N) is 2. The third-order valence-corrected chi connectivity index (χ3v) is 6.44. The van der Waals surface area contributed by atoms with Gasteiger partial charge >= 0.3 is 6.03 Å². The van der Waals surface area contributed by atoms with Crippen LogP contribution in [0.1, 0.15) is 33.6 Å². The first-order valence-corrected chi connectivity index (χ1v) is 11.4. The molecule has 0 bridgehead atoms. The fourth-order valence-electron chi connectivity index (χ4n) is 3.68. The van der Waals surface area contributed by atoms with E-state index in [-0.39, 0.29) is 17.9 Å². The molecule has 3 aromatic rings. The summed E-state index contributed by atoms with van der Waals surface area (Å²) >= 11 is 1.27. The van der Waals surface area contributed by atoms with Gasteiger partial charge in [0.05, 0.1) is 14.2 Å². The molecule has 0 spiro atoms. The zero-order valence-electron chi connectivity index (χ0n) is 18.4. The van der Waals surface area contributed by atoms with Crippen molar-refractivity contribution in [1.29, 1.82) is 0 Å². The molecule has 4 rings (SSSR count). The number of para-hydroxylation sites is 1. The molecular formula is C23H25N5O4S. The Hall–Kier alpha value is -3.66. The molecule has 172 valence electrons. The molecule has 2 heterocycles. The van der Waals surface area contributed by atoms with E-state index in [1.54, 1.807) is 37.3 Å². The summed E-state index contributed by atoms with van der Waals surface area (Å²) in [5.74, 6) is 0.883. The van der Waals surface area contributed by atoms with Crippen LogP contribution in [0.15, 0.2) is 48.5 Å². The van der Waals surface area contributed by atoms with E-state index in [9.17, 15) is 9.59 Å². The molecule has 0 aliphatic carbocycles. The molecule has 1 aliphatic heterocycles. The Kier molecular flexibility index (Phi) is 7.04. The van der Waals surface area contributed by atoms with Crippen molar-refractivity contribution in [2.75, 3.05) is 37.9 Å². The van der Waals surface area contributed by atoms with Crippen LogP contribution in [-0.2, 0) is 0 Å². The number of urea groups is 1. The van der Waals surface area contributed by atoms with Gasteiger partial charge in [-0.15, -0.1) is 10.2 Å². The second-order valence-corrected chi connectivity index (χ2v) is 8.56. The average Bonchev–Trinajstić information content (AvgIpc) is 3.35. The van der Waals surface area contributed by atoms with Gasteiger partial charge in [0.1, 0.15) is 5.01 Å². The lowest BCUT2D eigenvalue weighted by Crippen LogP contribution is -2.41. The zero-order valence-corrected chi connectivity index (χ0v) is 19.2. The van der Waals surface area contributed by atoms with Crippen LogP contribution < -0.4 is 20.1 Å². The number of likely N-dealkylation sites (tertiary alicyclic amines) is 1. The van der Waals surface area contributed by atoms with Crippen molar-refractivity contribution >= 4 is 34.6 Å². The molecule has 3 amide bonds. The summed E-state index contributed by atoms with van der Waals surface area (Å²) in [7, 11) is 3.11. The van der Waals surface area contributed by atoms with Gasteiger partial charge in [-0.3, -0.25) is 4.79 Å². The number of carbonyl (C=O) groups excluding carboxylic acids is 2. The fourth-order valence-corrected chi connectivity index (χ4v) is 4.54. The summed E-state index contributed by atoms with van der Waals surface area (Å²) in [5.41, 5.74) is 1.32. The minimum atomic E-state index is -0.288. The van der Waals surface area contributed by atoms with Gasteiger partial charge in [0, 0.05) is 36.4 Å². The number of nitrogens with zero attached hydrogens (tertiary/aromatic N) is 3. The van der Waals surface area contributed by atoms with Gasteiger partial charge in [-0.1, -0.05) is 29.5 Å². The SMILES string of the molecule is COc1ccc(NC(=O)N2CCC[C@@H](c3nnc(C(=O)Nc4ccccc4)s3)C2)cc1OC. The van der Waals surface area contributed by atoms with Gasteiger partial charge in [0.25, 0.3) is 5.91 Å². The topological polar surface area (TPSA) is 106 Å². The second-order valence-electron chi connectivity index (χ2n) is 7.55. The molecule has 0 unspecified atom stereocenters. The molecule has 1 atom stereocenters. The number of hydrogen-bond donors (Lipinski definition) is 2. The molecule has 10 heteroatoms. The van der Waals surface area contributed by atoms with E-state index >= 15 is 0 Å². The Morgan fingerprint density at radius 2 is 1.79 bits per heavy atom. The Bertz CT molecular complexity index is 1120. The van der Waals surface area contributed by atoms with Crippen molar-refractivity contribution in [2.45, 2.75) is 18.8 Å². The van der Waals surface area contributed by atoms with E-state index in [2.05, 4.69) is 20.8 Å². The van der Waals surface area contributed by atoms with E-state index in [0.717, 1.165) is 17.8 Å². The molecule has 33 heavy (non-hydrogen) atoms. The quantitative estimate of drug-likeness (QED) is 0.562. The lowest BCUT2D eigenvalue weighted by molar-refractivity contribution is 0.102. The largest absolute Gasteiger partial charge is 0.493 e. The highest BCUT2D eigenvalue weighted by molar-refractivity contribution is 7.13. The lowest BCUT2D eigenvalue weighted by atomic mass is 9.99. The number of amides is 3. The first kappa shape index (κ1) is 22.5. The predicted molar refractivity (Wildman–Crippen MR) is 126 cm³/mol. The fraction of sp³-hybridized carbons (Fsp3) is 0.304. The molecule has 1 fully saturated rings. The maximum absolute atomic E-state index is 12.9. The molecule has 2 aromatic carbocycles. The van der Waals surface area contributed by atoms with Crippen LogP contribution in [0.5, 0.6) is 11.5 Å². The number of methoxy groups -OCH3 is 2. The highest BCUT2D eigenvalue weighted by Gasteiger charge is 2.28. The van der Waals surface area contributed by atoms with Crippen LogP contribution in [0.4, 0.5) is 16.2 Å². The van der Waals surface area contributed by atoms with Gasteiger partial charge < -0.3 is 25.0 Å². The number of carbonyl (C=O) groups is 2. The van der Waals surface area contributed by atoms with Crippen LogP contribution in [-0.4, -0.2) is 54.3 Å². The van der Waals surface area contributed by atoms with Gasteiger partial charge in [0.2, 0.25) is 5.01 Å². The zero-order chi connectivity index (χ0) is 23.2. The van der Waals surface area contributed by atoms with Crippen LogP contribution in [0.2, 0.25) is 0 Å². The Morgan fingerprint density at radius 3 is 2.55 bits per heavy atom. The molecule has 0 saturated carbocycles. The van der Waals surface area contributed by atoms with Crippen molar-refractivity contribution in [1.82, 2.24) is 15.1 Å². The summed E-state index contributed by atoms with van der Waals surface area (Å²) in [6, 6.07) is 14.3. The van der Waals surface area contributed by atoms with Crippen LogP contribution in [0.25, 0.3) is 0 Å². The van der Waals surface area contributed by atoms with E-state index < -0.39 is 0 Å². The van der Waals surface area contributed by atoms with E-state index in [1.807, 2.05) is 30.3 Å². The number of ether oxygens (including phenoxy) is 2. The maximum atomic E-state index is 12.9. The highest BCUT2D eigenvalue weighted by Crippen LogP contribution is 2.32. The maximum Gasteiger partial charge on any atom is 0.321 e. The molecule has 2 N–H and O–H groups in total. The van der Waals surface area contributed by atoms with E-state index in [1.165, 1.54) is 11.3 Å². The summed E-state index contributed by atoms with van der Waals surface area (Å²) in [4.78, 5) is 27.1. The van der Waals surface area contributed by atoms with Crippen molar-refractivity contribution < 1.29 is 19.1 Å². The number of anilines is 2. The van der Waals surface area contributed by atoms with E-state index in [0.29, 0.717) is 41.0 Å². The molecule has 1 aliphatic rings. The average molecular weight is 468 g/mol. The van der Waals surface area contributed by atoms with Gasteiger partial charge in [-0.25, -0.2) is 4.79 Å². The van der Waals surface area contributed by atoms with Crippen molar-refractivity contribution in [3.63, 3.8) is 0 Å². The van der Waals surface area contributed by atoms with Gasteiger partial charge in [-0.2, -0.15) is 0 Å². The molecule has 0 radical (unpaired) electrons. The van der Waals surface area contributed by atoms with Crippen LogP contribution >= 0.6 is 11.3 Å². The van der Waals surface area contributed by atoms with Crippen molar-refractivity contribution in [3.8, 4) is 11.5 Å². The predicted octanol–water partition coefficient (Wildman–Crippen LogP) is 4.22. The molecular weight excluding hydrogens is 442 g/mol.